The molecular formula is C34H39N5O7. The lowest BCUT2D eigenvalue weighted by atomic mass is 9.98. The van der Waals surface area contributed by atoms with Gasteiger partial charge in [0.2, 0.25) is 5.91 Å². The van der Waals surface area contributed by atoms with Gasteiger partial charge in [-0.05, 0) is 56.5 Å². The number of hydrogen-bond acceptors (Lipinski definition) is 7. The number of carboxylic acids is 1. The molecule has 4 N–H and O–H groups in total. The third-order valence-corrected chi connectivity index (χ3v) is 6.90. The summed E-state index contributed by atoms with van der Waals surface area (Å²) in [5, 5.41) is 19.7. The molecule has 2 atom stereocenters. The summed E-state index contributed by atoms with van der Waals surface area (Å²) in [6, 6.07) is 19.9. The van der Waals surface area contributed by atoms with E-state index in [1.807, 2.05) is 60.7 Å². The first-order chi connectivity index (χ1) is 21.7. The van der Waals surface area contributed by atoms with E-state index in [0.717, 1.165) is 16.3 Å². The summed E-state index contributed by atoms with van der Waals surface area (Å²) < 4.78 is 12.5. The number of amides is 3. The Labute approximate surface area is 267 Å². The minimum absolute atomic E-state index is 0.0740. The Morgan fingerprint density at radius 2 is 1.59 bits per heavy atom. The number of carbonyl (C=O) groups is 4. The van der Waals surface area contributed by atoms with Crippen molar-refractivity contribution < 1.29 is 33.8 Å². The quantitative estimate of drug-likeness (QED) is 0.176. The van der Waals surface area contributed by atoms with Gasteiger partial charge in [0.15, 0.2) is 11.9 Å². The lowest BCUT2D eigenvalue weighted by molar-refractivity contribution is -0.139. The van der Waals surface area contributed by atoms with Crippen molar-refractivity contribution in [2.45, 2.75) is 64.4 Å². The van der Waals surface area contributed by atoms with Crippen molar-refractivity contribution in [3.05, 3.63) is 96.4 Å². The van der Waals surface area contributed by atoms with Gasteiger partial charge in [0.25, 0.3) is 5.91 Å². The van der Waals surface area contributed by atoms with Gasteiger partial charge in [-0.15, -0.1) is 0 Å². The second-order valence-electron chi connectivity index (χ2n) is 12.3. The second kappa shape index (κ2) is 14.2. The van der Waals surface area contributed by atoms with Gasteiger partial charge in [-0.1, -0.05) is 72.8 Å². The van der Waals surface area contributed by atoms with E-state index in [1.165, 1.54) is 30.9 Å². The molecule has 0 saturated carbocycles. The van der Waals surface area contributed by atoms with Crippen molar-refractivity contribution in [1.82, 2.24) is 20.2 Å². The van der Waals surface area contributed by atoms with Crippen LogP contribution in [0.3, 0.4) is 0 Å². The number of ether oxygens (including phenoxy) is 2. The molecular weight excluding hydrogens is 590 g/mol. The zero-order valence-corrected chi connectivity index (χ0v) is 26.4. The van der Waals surface area contributed by atoms with Crippen LogP contribution in [0.4, 0.5) is 10.6 Å². The van der Waals surface area contributed by atoms with Gasteiger partial charge >= 0.3 is 12.1 Å². The summed E-state index contributed by atoms with van der Waals surface area (Å²) in [5.41, 5.74) is -0.803. The number of aromatic nitrogens is 2. The van der Waals surface area contributed by atoms with E-state index in [2.05, 4.69) is 20.9 Å². The molecule has 4 aromatic rings. The Hall–Kier alpha value is -5.23. The highest BCUT2D eigenvalue weighted by molar-refractivity contribution is 5.99. The number of carbonyl (C=O) groups excluding carboxylic acids is 3. The van der Waals surface area contributed by atoms with Gasteiger partial charge in [-0.2, -0.15) is 0 Å². The van der Waals surface area contributed by atoms with Crippen LogP contribution >= 0.6 is 0 Å². The fourth-order valence-electron chi connectivity index (χ4n) is 4.67. The lowest BCUT2D eigenvalue weighted by Gasteiger charge is -2.29. The number of nitrogens with zero attached hydrogens (tertiary/aromatic N) is 2. The van der Waals surface area contributed by atoms with Gasteiger partial charge in [0, 0.05) is 6.20 Å². The molecule has 0 spiro atoms. The number of carboxylic acid groups (broad SMARTS) is 1. The Morgan fingerprint density at radius 1 is 0.913 bits per heavy atom. The summed E-state index contributed by atoms with van der Waals surface area (Å²) in [7, 11) is 0. The predicted octanol–water partition coefficient (Wildman–Crippen LogP) is 4.65. The first-order valence-corrected chi connectivity index (χ1v) is 14.7. The molecule has 12 nitrogen and oxygen atoms in total. The summed E-state index contributed by atoms with van der Waals surface area (Å²) in [5.74, 6) is -2.35. The molecule has 0 aliphatic heterocycles. The molecule has 0 aliphatic rings. The monoisotopic (exact) mass is 629 g/mol. The molecule has 3 aromatic carbocycles. The van der Waals surface area contributed by atoms with E-state index >= 15 is 0 Å². The fourth-order valence-corrected chi connectivity index (χ4v) is 4.67. The van der Waals surface area contributed by atoms with E-state index in [1.54, 1.807) is 32.9 Å². The summed E-state index contributed by atoms with van der Waals surface area (Å²) >= 11 is 0. The number of benzene rings is 3. The molecule has 4 rings (SSSR count). The summed E-state index contributed by atoms with van der Waals surface area (Å²) in [6.45, 7) is 8.04. The van der Waals surface area contributed by atoms with Crippen molar-refractivity contribution in [3.8, 4) is 0 Å². The number of imidazole rings is 1. The van der Waals surface area contributed by atoms with Crippen molar-refractivity contribution in [2.75, 3.05) is 11.9 Å². The number of aliphatic carboxylic acids is 1. The largest absolute Gasteiger partial charge is 0.479 e. The van der Waals surface area contributed by atoms with Gasteiger partial charge < -0.3 is 35.1 Å². The second-order valence-corrected chi connectivity index (χ2v) is 12.3. The van der Waals surface area contributed by atoms with Crippen LogP contribution in [0, 0.1) is 0 Å². The van der Waals surface area contributed by atoms with Crippen molar-refractivity contribution >= 4 is 40.5 Å². The van der Waals surface area contributed by atoms with E-state index in [9.17, 15) is 24.3 Å². The minimum Gasteiger partial charge on any atom is -0.479 e. The highest BCUT2D eigenvalue weighted by Crippen LogP contribution is 2.28. The number of hydrogen-bond donors (Lipinski definition) is 4. The fraction of sp³-hybridized carbons (Fsp3) is 0.324. The highest BCUT2D eigenvalue weighted by atomic mass is 16.6. The molecule has 12 heteroatoms. The maximum absolute atomic E-state index is 13.5. The molecule has 1 heterocycles. The third kappa shape index (κ3) is 8.91. The van der Waals surface area contributed by atoms with Crippen LogP contribution in [-0.4, -0.2) is 62.3 Å². The predicted molar refractivity (Wildman–Crippen MR) is 172 cm³/mol. The molecule has 0 bridgehead atoms. The van der Waals surface area contributed by atoms with Crippen LogP contribution in [0.5, 0.6) is 0 Å². The highest BCUT2D eigenvalue weighted by Gasteiger charge is 2.35. The molecule has 0 radical (unpaired) electrons. The minimum atomic E-state index is -1.45. The summed E-state index contributed by atoms with van der Waals surface area (Å²) in [6.07, 6.45) is 1.94. The van der Waals surface area contributed by atoms with Gasteiger partial charge in [0.05, 0.1) is 19.5 Å². The molecule has 46 heavy (non-hydrogen) atoms. The molecule has 0 aliphatic carbocycles. The molecule has 242 valence electrons. The first-order valence-electron chi connectivity index (χ1n) is 14.7. The van der Waals surface area contributed by atoms with Crippen LogP contribution in [0.25, 0.3) is 10.8 Å². The smallest absolute Gasteiger partial charge is 0.408 e. The van der Waals surface area contributed by atoms with Crippen LogP contribution in [0.15, 0.2) is 85.3 Å². The standard InChI is InChI=1S/C34H39N5O7/c1-33(2,3)46-32(44)38-34(4,5)31(43)36-26(20-45-19-22-12-7-6-8-13-22)29(40)37-27-18-39(21-35-27)28(30(41)42)25-17-11-15-23-14-9-10-16-24(23)25/h6-18,21,26,28H,19-20H2,1-5H3,(H,36,43)(H,37,40)(H,38,44)(H,41,42). The zero-order chi connectivity index (χ0) is 33.5. The Balaban J connectivity index is 1.52. The van der Waals surface area contributed by atoms with E-state index in [0.29, 0.717) is 5.56 Å². The number of alkyl carbamates (subject to hydrolysis) is 1. The van der Waals surface area contributed by atoms with Crippen LogP contribution < -0.4 is 16.0 Å². The molecule has 2 unspecified atom stereocenters. The Bertz CT molecular complexity index is 1690. The normalized spacial score (nSPS) is 13.0. The SMILES string of the molecule is CC(C)(C)OC(=O)NC(C)(C)C(=O)NC(COCc1ccccc1)C(=O)Nc1cn(C(C(=O)O)c2cccc3ccccc23)cn1. The maximum Gasteiger partial charge on any atom is 0.408 e. The first kappa shape index (κ1) is 33.7. The van der Waals surface area contributed by atoms with Crippen LogP contribution in [-0.2, 0) is 30.5 Å². The number of anilines is 1. The van der Waals surface area contributed by atoms with Crippen molar-refractivity contribution in [3.63, 3.8) is 0 Å². The van der Waals surface area contributed by atoms with Crippen LogP contribution in [0.2, 0.25) is 0 Å². The van der Waals surface area contributed by atoms with E-state index in [4.69, 9.17) is 9.47 Å². The number of nitrogens with one attached hydrogen (secondary N) is 3. The van der Waals surface area contributed by atoms with Gasteiger partial charge in [-0.25, -0.2) is 14.6 Å². The van der Waals surface area contributed by atoms with Gasteiger partial charge in [0.1, 0.15) is 17.2 Å². The topological polar surface area (TPSA) is 161 Å². The maximum atomic E-state index is 13.5. The van der Waals surface area contributed by atoms with Crippen LogP contribution in [0.1, 0.15) is 51.8 Å². The lowest BCUT2D eigenvalue weighted by Crippen LogP contribution is -2.59. The third-order valence-electron chi connectivity index (χ3n) is 6.90. The van der Waals surface area contributed by atoms with E-state index < -0.39 is 47.1 Å². The molecule has 1 aromatic heterocycles. The number of fused-ring (bicyclic) bond motifs is 1. The Kier molecular flexibility index (Phi) is 10.4. The summed E-state index contributed by atoms with van der Waals surface area (Å²) in [4.78, 5) is 55.8. The zero-order valence-electron chi connectivity index (χ0n) is 26.4. The van der Waals surface area contributed by atoms with Crippen molar-refractivity contribution in [1.29, 1.82) is 0 Å². The van der Waals surface area contributed by atoms with E-state index in [-0.39, 0.29) is 19.0 Å². The number of rotatable bonds is 12. The molecule has 0 fully saturated rings. The molecule has 0 saturated heterocycles. The van der Waals surface area contributed by atoms with Crippen molar-refractivity contribution in [2.24, 2.45) is 0 Å². The average molecular weight is 630 g/mol. The molecule has 3 amide bonds. The average Bonchev–Trinajstić information content (AvgIpc) is 3.43. The Morgan fingerprint density at radius 3 is 2.28 bits per heavy atom. The van der Waals surface area contributed by atoms with Gasteiger partial charge in [-0.3, -0.25) is 9.59 Å².